The van der Waals surface area contributed by atoms with Gasteiger partial charge in [0.25, 0.3) is 5.91 Å². The Morgan fingerprint density at radius 3 is 2.57 bits per heavy atom. The Balaban J connectivity index is 2.11. The SMILES string of the molecule is CCCCN(Cc1cccn1Cc1ccccc1)C(=O)C(Cl)Cl. The lowest BCUT2D eigenvalue weighted by molar-refractivity contribution is -0.130. The number of aromatic nitrogens is 1. The summed E-state index contributed by atoms with van der Waals surface area (Å²) in [4.78, 5) is 12.9. The smallest absolute Gasteiger partial charge is 0.256 e. The number of halogens is 2. The lowest BCUT2D eigenvalue weighted by Crippen LogP contribution is -2.35. The summed E-state index contributed by atoms with van der Waals surface area (Å²) in [5.41, 5.74) is 2.30. The Morgan fingerprint density at radius 2 is 1.91 bits per heavy atom. The van der Waals surface area contributed by atoms with Crippen molar-refractivity contribution in [3.63, 3.8) is 0 Å². The molecule has 0 saturated carbocycles. The highest BCUT2D eigenvalue weighted by Crippen LogP contribution is 2.15. The van der Waals surface area contributed by atoms with E-state index in [1.807, 2.05) is 36.5 Å². The van der Waals surface area contributed by atoms with Crippen molar-refractivity contribution in [2.24, 2.45) is 0 Å². The minimum absolute atomic E-state index is 0.228. The fourth-order valence-electron chi connectivity index (χ4n) is 2.48. The third-order valence-corrected chi connectivity index (χ3v) is 4.13. The molecule has 0 N–H and O–H groups in total. The highest BCUT2D eigenvalue weighted by atomic mass is 35.5. The Morgan fingerprint density at radius 1 is 1.17 bits per heavy atom. The maximum Gasteiger partial charge on any atom is 0.256 e. The number of carbonyl (C=O) groups is 1. The van der Waals surface area contributed by atoms with Gasteiger partial charge in [-0.3, -0.25) is 4.79 Å². The zero-order valence-corrected chi connectivity index (χ0v) is 14.8. The molecule has 0 spiro atoms. The first-order chi connectivity index (χ1) is 11.1. The molecule has 0 unspecified atom stereocenters. The third-order valence-electron chi connectivity index (χ3n) is 3.75. The van der Waals surface area contributed by atoms with Crippen molar-refractivity contribution >= 4 is 29.1 Å². The van der Waals surface area contributed by atoms with Crippen LogP contribution in [0.3, 0.4) is 0 Å². The summed E-state index contributed by atoms with van der Waals surface area (Å²) in [6.07, 6.45) is 3.99. The maximum atomic E-state index is 12.2. The van der Waals surface area contributed by atoms with E-state index in [0.29, 0.717) is 13.1 Å². The largest absolute Gasteiger partial charge is 0.345 e. The number of alkyl halides is 2. The molecule has 0 atom stereocenters. The number of carbonyl (C=O) groups excluding carboxylic acids is 1. The van der Waals surface area contributed by atoms with Crippen LogP contribution in [0.2, 0.25) is 0 Å². The van der Waals surface area contributed by atoms with Gasteiger partial charge in [-0.2, -0.15) is 0 Å². The van der Waals surface area contributed by atoms with Gasteiger partial charge in [-0.05, 0) is 24.1 Å². The number of hydrogen-bond acceptors (Lipinski definition) is 1. The van der Waals surface area contributed by atoms with E-state index in [1.54, 1.807) is 4.90 Å². The van der Waals surface area contributed by atoms with Crippen LogP contribution in [0.25, 0.3) is 0 Å². The summed E-state index contributed by atoms with van der Waals surface area (Å²) in [5.74, 6) is -0.228. The van der Waals surface area contributed by atoms with Crippen LogP contribution in [-0.4, -0.2) is 26.8 Å². The first-order valence-corrected chi connectivity index (χ1v) is 8.74. The van der Waals surface area contributed by atoms with Gasteiger partial charge in [0.05, 0.1) is 6.54 Å². The number of unbranched alkanes of at least 4 members (excludes halogenated alkanes) is 1. The van der Waals surface area contributed by atoms with Crippen LogP contribution in [0.5, 0.6) is 0 Å². The van der Waals surface area contributed by atoms with Crippen molar-refractivity contribution in [2.75, 3.05) is 6.54 Å². The number of hydrogen-bond donors (Lipinski definition) is 0. The molecule has 0 aliphatic carbocycles. The summed E-state index contributed by atoms with van der Waals surface area (Å²) < 4.78 is 2.15. The standard InChI is InChI=1S/C18H22Cl2N2O/c1-2-3-11-22(18(23)17(19)20)14-16-10-7-12-21(16)13-15-8-5-4-6-9-15/h4-10,12,17H,2-3,11,13-14H2,1H3. The first-order valence-electron chi connectivity index (χ1n) is 7.86. The van der Waals surface area contributed by atoms with Crippen molar-refractivity contribution in [2.45, 2.75) is 37.7 Å². The Labute approximate surface area is 147 Å². The van der Waals surface area contributed by atoms with Crippen molar-refractivity contribution in [1.29, 1.82) is 0 Å². The molecule has 1 aromatic heterocycles. The summed E-state index contributed by atoms with van der Waals surface area (Å²) in [7, 11) is 0. The van der Waals surface area contributed by atoms with Crippen molar-refractivity contribution in [3.8, 4) is 0 Å². The van der Waals surface area contributed by atoms with E-state index >= 15 is 0 Å². The second kappa shape index (κ2) is 8.99. The lowest BCUT2D eigenvalue weighted by Gasteiger charge is -2.24. The van der Waals surface area contributed by atoms with E-state index < -0.39 is 4.84 Å². The fourth-order valence-corrected chi connectivity index (χ4v) is 2.75. The van der Waals surface area contributed by atoms with E-state index in [0.717, 1.165) is 25.1 Å². The van der Waals surface area contributed by atoms with Crippen LogP contribution in [0.15, 0.2) is 48.7 Å². The molecule has 1 aromatic carbocycles. The van der Waals surface area contributed by atoms with Crippen LogP contribution in [-0.2, 0) is 17.9 Å². The number of benzene rings is 1. The molecule has 5 heteroatoms. The summed E-state index contributed by atoms with van der Waals surface area (Å²) in [5, 5.41) is 0. The molecule has 23 heavy (non-hydrogen) atoms. The molecular formula is C18H22Cl2N2O. The topological polar surface area (TPSA) is 25.2 Å². The van der Waals surface area contributed by atoms with Gasteiger partial charge in [0.1, 0.15) is 0 Å². The molecule has 1 heterocycles. The second-order valence-corrected chi connectivity index (χ2v) is 6.62. The highest BCUT2D eigenvalue weighted by molar-refractivity contribution is 6.53. The molecule has 0 aliphatic rings. The van der Waals surface area contributed by atoms with Crippen molar-refractivity contribution in [1.82, 2.24) is 9.47 Å². The van der Waals surface area contributed by atoms with E-state index in [4.69, 9.17) is 23.2 Å². The molecule has 0 fully saturated rings. The molecule has 2 rings (SSSR count). The van der Waals surface area contributed by atoms with Crippen molar-refractivity contribution < 1.29 is 4.79 Å². The molecule has 0 radical (unpaired) electrons. The van der Waals surface area contributed by atoms with E-state index in [2.05, 4.69) is 23.6 Å². The normalized spacial score (nSPS) is 11.0. The molecule has 2 aromatic rings. The van der Waals surface area contributed by atoms with Gasteiger partial charge in [-0.1, -0.05) is 66.9 Å². The van der Waals surface area contributed by atoms with Gasteiger partial charge in [-0.25, -0.2) is 0 Å². The van der Waals surface area contributed by atoms with E-state index in [-0.39, 0.29) is 5.91 Å². The molecular weight excluding hydrogens is 331 g/mol. The molecule has 0 aliphatic heterocycles. The van der Waals surface area contributed by atoms with Gasteiger partial charge in [-0.15, -0.1) is 0 Å². The monoisotopic (exact) mass is 352 g/mol. The number of amides is 1. The highest BCUT2D eigenvalue weighted by Gasteiger charge is 2.21. The second-order valence-electron chi connectivity index (χ2n) is 5.53. The average Bonchev–Trinajstić information content (AvgIpc) is 2.98. The van der Waals surface area contributed by atoms with Gasteiger partial charge in [0.2, 0.25) is 0 Å². The average molecular weight is 353 g/mol. The number of nitrogens with zero attached hydrogens (tertiary/aromatic N) is 2. The van der Waals surface area contributed by atoms with Gasteiger partial charge < -0.3 is 9.47 Å². The third kappa shape index (κ3) is 5.29. The van der Waals surface area contributed by atoms with Gasteiger partial charge >= 0.3 is 0 Å². The molecule has 3 nitrogen and oxygen atoms in total. The zero-order valence-electron chi connectivity index (χ0n) is 13.3. The lowest BCUT2D eigenvalue weighted by atomic mass is 10.2. The summed E-state index contributed by atoms with van der Waals surface area (Å²) in [6, 6.07) is 14.3. The fraction of sp³-hybridized carbons (Fsp3) is 0.389. The quantitative estimate of drug-likeness (QED) is 0.643. The van der Waals surface area contributed by atoms with Crippen molar-refractivity contribution in [3.05, 3.63) is 59.9 Å². The van der Waals surface area contributed by atoms with Crippen LogP contribution < -0.4 is 0 Å². The number of rotatable bonds is 8. The molecule has 124 valence electrons. The first kappa shape index (κ1) is 17.9. The molecule has 0 saturated heterocycles. The Hall–Kier alpha value is -1.45. The van der Waals surface area contributed by atoms with Crippen LogP contribution in [0.1, 0.15) is 31.0 Å². The van der Waals surface area contributed by atoms with Gasteiger partial charge in [0.15, 0.2) is 4.84 Å². The van der Waals surface area contributed by atoms with Crippen LogP contribution in [0.4, 0.5) is 0 Å². The predicted octanol–water partition coefficient (Wildman–Crippen LogP) is 4.47. The van der Waals surface area contributed by atoms with Crippen LogP contribution >= 0.6 is 23.2 Å². The summed E-state index contributed by atoms with van der Waals surface area (Å²) >= 11 is 11.6. The zero-order chi connectivity index (χ0) is 16.7. The van der Waals surface area contributed by atoms with Gasteiger partial charge in [0, 0.05) is 25.0 Å². The minimum atomic E-state index is -1.01. The minimum Gasteiger partial charge on any atom is -0.345 e. The molecule has 1 amide bonds. The Bertz CT molecular complexity index is 610. The van der Waals surface area contributed by atoms with E-state index in [1.165, 1.54) is 5.56 Å². The van der Waals surface area contributed by atoms with Crippen LogP contribution in [0, 0.1) is 0 Å². The Kier molecular flexibility index (Phi) is 7.00. The maximum absolute atomic E-state index is 12.2. The molecule has 0 bridgehead atoms. The summed E-state index contributed by atoms with van der Waals surface area (Å²) in [6.45, 7) is 4.07. The predicted molar refractivity (Wildman–Crippen MR) is 95.8 cm³/mol. The van der Waals surface area contributed by atoms with E-state index in [9.17, 15) is 4.79 Å².